The summed E-state index contributed by atoms with van der Waals surface area (Å²) in [5.41, 5.74) is 4.38. The average Bonchev–Trinajstić information content (AvgIpc) is 3.59. The summed E-state index contributed by atoms with van der Waals surface area (Å²) in [6.45, 7) is 0.671. The van der Waals surface area contributed by atoms with Crippen molar-refractivity contribution in [2.75, 3.05) is 22.1 Å². The van der Waals surface area contributed by atoms with Crippen LogP contribution in [-0.2, 0) is 11.2 Å². The Bertz CT molecular complexity index is 1200. The van der Waals surface area contributed by atoms with E-state index in [1.165, 1.54) is 5.56 Å². The molecule has 0 aromatic heterocycles. The minimum atomic E-state index is -0.278. The van der Waals surface area contributed by atoms with Gasteiger partial charge in [0.1, 0.15) is 0 Å². The van der Waals surface area contributed by atoms with E-state index in [0.717, 1.165) is 24.9 Å². The molecule has 6 nitrogen and oxygen atoms in total. The first-order valence-electron chi connectivity index (χ1n) is 10.8. The van der Waals surface area contributed by atoms with Crippen molar-refractivity contribution in [1.82, 2.24) is 0 Å². The first kappa shape index (κ1) is 20.0. The number of amides is 3. The molecule has 0 radical (unpaired) electrons. The second-order valence-electron chi connectivity index (χ2n) is 8.21. The second-order valence-corrected chi connectivity index (χ2v) is 8.21. The number of carbonyl (C=O) groups excluding carboxylic acids is 3. The molecule has 0 unspecified atom stereocenters. The van der Waals surface area contributed by atoms with Gasteiger partial charge in [-0.2, -0.15) is 0 Å². The zero-order valence-electron chi connectivity index (χ0n) is 17.5. The number of hydrogen-bond donors (Lipinski definition) is 2. The molecule has 2 aliphatic rings. The van der Waals surface area contributed by atoms with E-state index in [4.69, 9.17) is 0 Å². The van der Waals surface area contributed by atoms with E-state index >= 15 is 0 Å². The molecule has 2 N–H and O–H groups in total. The Hall–Kier alpha value is -3.93. The van der Waals surface area contributed by atoms with Gasteiger partial charge in [-0.05, 0) is 73.4 Å². The van der Waals surface area contributed by atoms with Gasteiger partial charge in [0.05, 0.1) is 0 Å². The van der Waals surface area contributed by atoms with Crippen molar-refractivity contribution < 1.29 is 14.4 Å². The van der Waals surface area contributed by atoms with Crippen molar-refractivity contribution in [3.63, 3.8) is 0 Å². The molecule has 32 heavy (non-hydrogen) atoms. The third kappa shape index (κ3) is 4.12. The Labute approximate surface area is 186 Å². The predicted octanol–water partition coefficient (Wildman–Crippen LogP) is 4.49. The summed E-state index contributed by atoms with van der Waals surface area (Å²) >= 11 is 0. The fourth-order valence-electron chi connectivity index (χ4n) is 3.93. The number of nitrogens with zero attached hydrogens (tertiary/aromatic N) is 1. The largest absolute Gasteiger partial charge is 0.326 e. The van der Waals surface area contributed by atoms with Gasteiger partial charge in [-0.25, -0.2) is 0 Å². The Morgan fingerprint density at radius 1 is 0.781 bits per heavy atom. The first-order valence-corrected chi connectivity index (χ1v) is 10.8. The number of para-hydroxylation sites is 1. The van der Waals surface area contributed by atoms with Crippen LogP contribution in [-0.4, -0.2) is 24.3 Å². The van der Waals surface area contributed by atoms with Crippen LogP contribution in [0.1, 0.15) is 39.1 Å². The number of fused-ring (bicyclic) bond motifs is 1. The zero-order chi connectivity index (χ0) is 22.1. The molecule has 0 spiro atoms. The van der Waals surface area contributed by atoms with E-state index in [2.05, 4.69) is 10.6 Å². The quantitative estimate of drug-likeness (QED) is 0.632. The second kappa shape index (κ2) is 8.30. The molecule has 1 aliphatic heterocycles. The zero-order valence-corrected chi connectivity index (χ0v) is 17.5. The van der Waals surface area contributed by atoms with Crippen molar-refractivity contribution in [1.29, 1.82) is 0 Å². The minimum absolute atomic E-state index is 0.00319. The van der Waals surface area contributed by atoms with Gasteiger partial charge in [0, 0.05) is 40.7 Å². The molecule has 0 atom stereocenters. The topological polar surface area (TPSA) is 78.5 Å². The summed E-state index contributed by atoms with van der Waals surface area (Å²) in [4.78, 5) is 39.4. The van der Waals surface area contributed by atoms with Crippen molar-refractivity contribution in [2.24, 2.45) is 5.92 Å². The number of rotatable bonds is 5. The molecule has 0 saturated heterocycles. The van der Waals surface area contributed by atoms with Crippen LogP contribution < -0.4 is 15.5 Å². The van der Waals surface area contributed by atoms with E-state index < -0.39 is 0 Å². The molecule has 3 amide bonds. The summed E-state index contributed by atoms with van der Waals surface area (Å²) in [7, 11) is 0. The van der Waals surface area contributed by atoms with Gasteiger partial charge >= 0.3 is 0 Å². The van der Waals surface area contributed by atoms with Gasteiger partial charge in [-0.15, -0.1) is 0 Å². The van der Waals surface area contributed by atoms with Crippen LogP contribution in [0.2, 0.25) is 0 Å². The number of carbonyl (C=O) groups is 3. The maximum absolute atomic E-state index is 12.9. The molecule has 1 aliphatic carbocycles. The van der Waals surface area contributed by atoms with E-state index in [-0.39, 0.29) is 23.6 Å². The Morgan fingerprint density at radius 2 is 1.56 bits per heavy atom. The van der Waals surface area contributed by atoms with Crippen LogP contribution in [0.15, 0.2) is 72.8 Å². The normalized spacial score (nSPS) is 14.6. The maximum atomic E-state index is 12.9. The monoisotopic (exact) mass is 425 g/mol. The lowest BCUT2D eigenvalue weighted by Gasteiger charge is -2.17. The van der Waals surface area contributed by atoms with Crippen LogP contribution >= 0.6 is 0 Å². The molecule has 3 aromatic carbocycles. The van der Waals surface area contributed by atoms with Gasteiger partial charge in [-0.1, -0.05) is 24.3 Å². The molecule has 1 saturated carbocycles. The highest BCUT2D eigenvalue weighted by molar-refractivity contribution is 6.08. The predicted molar refractivity (Wildman–Crippen MR) is 124 cm³/mol. The van der Waals surface area contributed by atoms with Crippen LogP contribution in [0.5, 0.6) is 0 Å². The summed E-state index contributed by atoms with van der Waals surface area (Å²) in [6, 6.07) is 21.7. The van der Waals surface area contributed by atoms with E-state index in [0.29, 0.717) is 29.0 Å². The number of anilines is 3. The highest BCUT2D eigenvalue weighted by atomic mass is 16.2. The van der Waals surface area contributed by atoms with Crippen LogP contribution in [0.25, 0.3) is 0 Å². The number of benzene rings is 3. The van der Waals surface area contributed by atoms with Gasteiger partial charge in [0.15, 0.2) is 0 Å². The number of hydrogen-bond acceptors (Lipinski definition) is 3. The highest BCUT2D eigenvalue weighted by Gasteiger charge is 2.29. The molecule has 0 bridgehead atoms. The van der Waals surface area contributed by atoms with Gasteiger partial charge in [0.2, 0.25) is 5.91 Å². The molecule has 1 heterocycles. The highest BCUT2D eigenvalue weighted by Crippen LogP contribution is 2.30. The lowest BCUT2D eigenvalue weighted by Crippen LogP contribution is -2.28. The van der Waals surface area contributed by atoms with E-state index in [1.54, 1.807) is 53.4 Å². The van der Waals surface area contributed by atoms with Crippen LogP contribution in [0.3, 0.4) is 0 Å². The molecule has 1 fully saturated rings. The maximum Gasteiger partial charge on any atom is 0.258 e. The summed E-state index contributed by atoms with van der Waals surface area (Å²) in [5, 5.41) is 5.70. The smallest absolute Gasteiger partial charge is 0.258 e. The molecule has 6 heteroatoms. The molecule has 5 rings (SSSR count). The Balaban J connectivity index is 1.24. The molecular weight excluding hydrogens is 402 g/mol. The third-order valence-electron chi connectivity index (χ3n) is 5.86. The lowest BCUT2D eigenvalue weighted by atomic mass is 10.1. The fourth-order valence-corrected chi connectivity index (χ4v) is 3.93. The van der Waals surface area contributed by atoms with Crippen molar-refractivity contribution in [3.05, 3.63) is 89.5 Å². The number of nitrogens with one attached hydrogen (secondary N) is 2. The van der Waals surface area contributed by atoms with Crippen molar-refractivity contribution in [2.45, 2.75) is 19.3 Å². The molecule has 3 aromatic rings. The minimum Gasteiger partial charge on any atom is -0.326 e. The Morgan fingerprint density at radius 3 is 2.34 bits per heavy atom. The van der Waals surface area contributed by atoms with Crippen LogP contribution in [0, 0.1) is 5.92 Å². The van der Waals surface area contributed by atoms with Crippen LogP contribution in [0.4, 0.5) is 17.1 Å². The third-order valence-corrected chi connectivity index (χ3v) is 5.86. The lowest BCUT2D eigenvalue weighted by molar-refractivity contribution is -0.117. The fraction of sp³-hybridized carbons (Fsp3) is 0.192. The van der Waals surface area contributed by atoms with E-state index in [9.17, 15) is 14.4 Å². The average molecular weight is 425 g/mol. The summed E-state index contributed by atoms with van der Waals surface area (Å²) < 4.78 is 0. The summed E-state index contributed by atoms with van der Waals surface area (Å²) in [6.07, 6.45) is 2.71. The van der Waals surface area contributed by atoms with Gasteiger partial charge in [0.25, 0.3) is 11.8 Å². The standard InChI is InChI=1S/C26H23N3O3/c30-24(18-8-9-18)28-22-6-3-5-20(16-22)25(31)27-21-12-10-19(11-13-21)26(32)29-15-14-17-4-1-2-7-23(17)29/h1-7,10-13,16,18H,8-9,14-15H2,(H,27,31)(H,28,30). The van der Waals surface area contributed by atoms with E-state index in [1.807, 2.05) is 24.3 Å². The van der Waals surface area contributed by atoms with Crippen molar-refractivity contribution >= 4 is 34.8 Å². The van der Waals surface area contributed by atoms with Gasteiger partial charge in [-0.3, -0.25) is 14.4 Å². The SMILES string of the molecule is O=C(Nc1ccc(C(=O)N2CCc3ccccc32)cc1)c1cccc(NC(=O)C2CC2)c1. The Kier molecular flexibility index (Phi) is 5.19. The molecule has 160 valence electrons. The van der Waals surface area contributed by atoms with Gasteiger partial charge < -0.3 is 15.5 Å². The molecular formula is C26H23N3O3. The van der Waals surface area contributed by atoms with Crippen molar-refractivity contribution in [3.8, 4) is 0 Å². The first-order chi connectivity index (χ1) is 15.6. The summed E-state index contributed by atoms with van der Waals surface area (Å²) in [5.74, 6) is -0.224.